The van der Waals surface area contributed by atoms with E-state index in [1.807, 2.05) is 30.3 Å². The van der Waals surface area contributed by atoms with Gasteiger partial charge in [-0.25, -0.2) is 4.79 Å². The maximum Gasteiger partial charge on any atom is 0.346 e. The van der Waals surface area contributed by atoms with Gasteiger partial charge in [0.05, 0.1) is 12.8 Å². The molecule has 0 radical (unpaired) electrons. The topological polar surface area (TPSA) is 56.1 Å². The third kappa shape index (κ3) is 2.44. The molecule has 1 aromatic heterocycles. The molecule has 2 aromatic rings. The lowest BCUT2D eigenvalue weighted by atomic mass is 10.3. The van der Waals surface area contributed by atoms with Crippen molar-refractivity contribution in [3.63, 3.8) is 0 Å². The van der Waals surface area contributed by atoms with Crippen LogP contribution in [0, 0.1) is 6.92 Å². The van der Waals surface area contributed by atoms with E-state index < -0.39 is 0 Å². The molecule has 5 nitrogen and oxygen atoms in total. The fourth-order valence-electron chi connectivity index (χ4n) is 1.45. The van der Waals surface area contributed by atoms with Gasteiger partial charge in [0, 0.05) is 11.8 Å². The molecule has 0 spiro atoms. The molecule has 0 aliphatic carbocycles. The fourth-order valence-corrected chi connectivity index (χ4v) is 1.45. The predicted molar refractivity (Wildman–Crippen MR) is 64.4 cm³/mol. The third-order valence-electron chi connectivity index (χ3n) is 2.29. The zero-order valence-electron chi connectivity index (χ0n) is 9.68. The predicted octanol–water partition coefficient (Wildman–Crippen LogP) is 2.28. The Kier molecular flexibility index (Phi) is 3.09. The number of nitrogens with zero attached hydrogens (tertiary/aromatic N) is 2. The number of anilines is 1. The van der Waals surface area contributed by atoms with Gasteiger partial charge in [-0.15, -0.1) is 5.10 Å². The van der Waals surface area contributed by atoms with Gasteiger partial charge in [-0.2, -0.15) is 4.68 Å². The van der Waals surface area contributed by atoms with Gasteiger partial charge >= 0.3 is 6.03 Å². The van der Waals surface area contributed by atoms with Crippen molar-refractivity contribution in [1.29, 1.82) is 0 Å². The number of nitrogens with one attached hydrogen (secondary N) is 1. The summed E-state index contributed by atoms with van der Waals surface area (Å²) in [6, 6.07) is 10.6. The van der Waals surface area contributed by atoms with Crippen LogP contribution in [0.3, 0.4) is 0 Å². The minimum absolute atomic E-state index is 0.308. The molecule has 2 rings (SSSR count). The van der Waals surface area contributed by atoms with E-state index >= 15 is 0 Å². The van der Waals surface area contributed by atoms with Gasteiger partial charge in [0.1, 0.15) is 0 Å². The SMILES string of the molecule is COc1cc(C)n(C(=O)Nc2ccccc2)n1. The summed E-state index contributed by atoms with van der Waals surface area (Å²) in [6.07, 6.45) is 0. The summed E-state index contributed by atoms with van der Waals surface area (Å²) in [5.74, 6) is 0.422. The maximum atomic E-state index is 11.9. The number of hydrogen-bond donors (Lipinski definition) is 1. The van der Waals surface area contributed by atoms with Gasteiger partial charge in [0.2, 0.25) is 5.88 Å². The minimum atomic E-state index is -0.308. The third-order valence-corrected chi connectivity index (χ3v) is 2.29. The highest BCUT2D eigenvalue weighted by atomic mass is 16.5. The highest BCUT2D eigenvalue weighted by Gasteiger charge is 2.11. The van der Waals surface area contributed by atoms with Crippen molar-refractivity contribution >= 4 is 11.7 Å². The Morgan fingerprint density at radius 3 is 2.65 bits per heavy atom. The largest absolute Gasteiger partial charge is 0.480 e. The number of aromatic nitrogens is 2. The number of carbonyl (C=O) groups is 1. The number of para-hydroxylation sites is 1. The number of aryl methyl sites for hydroxylation is 1. The number of methoxy groups -OCH3 is 1. The van der Waals surface area contributed by atoms with Crippen LogP contribution < -0.4 is 10.1 Å². The van der Waals surface area contributed by atoms with Crippen LogP contribution in [0.2, 0.25) is 0 Å². The number of hydrogen-bond acceptors (Lipinski definition) is 3. The standard InChI is InChI=1S/C12H13N3O2/c1-9-8-11(17-2)14-15(9)12(16)13-10-6-4-3-5-7-10/h3-8H,1-2H3,(H,13,16). The van der Waals surface area contributed by atoms with E-state index in [-0.39, 0.29) is 6.03 Å². The van der Waals surface area contributed by atoms with Gasteiger partial charge in [-0.3, -0.25) is 0 Å². The Bertz CT molecular complexity index is 520. The van der Waals surface area contributed by atoms with Gasteiger partial charge in [-0.05, 0) is 19.1 Å². The summed E-state index contributed by atoms with van der Waals surface area (Å²) >= 11 is 0. The molecule has 1 aromatic carbocycles. The first-order valence-electron chi connectivity index (χ1n) is 5.18. The van der Waals surface area contributed by atoms with Crippen LogP contribution >= 0.6 is 0 Å². The van der Waals surface area contributed by atoms with E-state index in [9.17, 15) is 4.79 Å². The van der Waals surface area contributed by atoms with Crippen LogP contribution in [0.5, 0.6) is 5.88 Å². The van der Waals surface area contributed by atoms with Crippen molar-refractivity contribution in [2.75, 3.05) is 12.4 Å². The lowest BCUT2D eigenvalue weighted by molar-refractivity contribution is 0.249. The lowest BCUT2D eigenvalue weighted by Crippen LogP contribution is -2.21. The van der Waals surface area contributed by atoms with E-state index in [1.54, 1.807) is 13.0 Å². The van der Waals surface area contributed by atoms with E-state index in [2.05, 4.69) is 10.4 Å². The summed E-state index contributed by atoms with van der Waals surface area (Å²) < 4.78 is 6.23. The Balaban J connectivity index is 2.17. The second kappa shape index (κ2) is 4.69. The summed E-state index contributed by atoms with van der Waals surface area (Å²) in [5.41, 5.74) is 1.45. The van der Waals surface area contributed by atoms with Crippen LogP contribution in [-0.4, -0.2) is 22.9 Å². The number of benzene rings is 1. The molecule has 0 fully saturated rings. The van der Waals surface area contributed by atoms with Gasteiger partial charge in [0.15, 0.2) is 0 Å². The summed E-state index contributed by atoms with van der Waals surface area (Å²) in [7, 11) is 1.52. The molecule has 1 heterocycles. The van der Waals surface area contributed by atoms with Crippen LogP contribution in [0.25, 0.3) is 0 Å². The number of ether oxygens (including phenoxy) is 1. The first-order valence-corrected chi connectivity index (χ1v) is 5.18. The molecule has 0 unspecified atom stereocenters. The normalized spacial score (nSPS) is 10.0. The zero-order valence-corrected chi connectivity index (χ0v) is 9.68. The molecule has 5 heteroatoms. The first kappa shape index (κ1) is 11.2. The fraction of sp³-hybridized carbons (Fsp3) is 0.167. The van der Waals surface area contributed by atoms with E-state index in [4.69, 9.17) is 4.74 Å². The van der Waals surface area contributed by atoms with Crippen molar-refractivity contribution < 1.29 is 9.53 Å². The summed E-state index contributed by atoms with van der Waals surface area (Å²) in [4.78, 5) is 11.9. The molecule has 0 aliphatic rings. The van der Waals surface area contributed by atoms with Gasteiger partial charge < -0.3 is 10.1 Å². The number of carbonyl (C=O) groups excluding carboxylic acids is 1. The molecule has 0 aliphatic heterocycles. The van der Waals surface area contributed by atoms with Crippen LogP contribution in [-0.2, 0) is 0 Å². The summed E-state index contributed by atoms with van der Waals surface area (Å²) in [5, 5.41) is 6.75. The molecule has 17 heavy (non-hydrogen) atoms. The average Bonchev–Trinajstić information content (AvgIpc) is 2.72. The molecule has 0 saturated heterocycles. The van der Waals surface area contributed by atoms with Gasteiger partial charge in [-0.1, -0.05) is 18.2 Å². The monoisotopic (exact) mass is 231 g/mol. The zero-order chi connectivity index (χ0) is 12.3. The molecular weight excluding hydrogens is 218 g/mol. The smallest absolute Gasteiger partial charge is 0.346 e. The molecule has 88 valence electrons. The highest BCUT2D eigenvalue weighted by molar-refractivity contribution is 5.90. The Morgan fingerprint density at radius 1 is 1.35 bits per heavy atom. The lowest BCUT2D eigenvalue weighted by Gasteiger charge is -2.05. The summed E-state index contributed by atoms with van der Waals surface area (Å²) in [6.45, 7) is 1.79. The quantitative estimate of drug-likeness (QED) is 0.862. The molecule has 0 saturated carbocycles. The van der Waals surface area contributed by atoms with Crippen molar-refractivity contribution in [3.8, 4) is 5.88 Å². The Labute approximate surface area is 99.0 Å². The highest BCUT2D eigenvalue weighted by Crippen LogP contribution is 2.11. The Morgan fingerprint density at radius 2 is 2.06 bits per heavy atom. The van der Waals surface area contributed by atoms with Crippen LogP contribution in [0.4, 0.5) is 10.5 Å². The minimum Gasteiger partial charge on any atom is -0.480 e. The van der Waals surface area contributed by atoms with E-state index in [1.165, 1.54) is 11.8 Å². The number of amides is 1. The van der Waals surface area contributed by atoms with Crippen molar-refractivity contribution in [3.05, 3.63) is 42.1 Å². The van der Waals surface area contributed by atoms with Crippen molar-refractivity contribution in [2.45, 2.75) is 6.92 Å². The molecule has 0 bridgehead atoms. The van der Waals surface area contributed by atoms with E-state index in [0.717, 1.165) is 11.4 Å². The molecule has 1 N–H and O–H groups in total. The second-order valence-electron chi connectivity index (χ2n) is 3.54. The van der Waals surface area contributed by atoms with Crippen LogP contribution in [0.15, 0.2) is 36.4 Å². The van der Waals surface area contributed by atoms with E-state index in [0.29, 0.717) is 5.88 Å². The molecule has 0 atom stereocenters. The average molecular weight is 231 g/mol. The van der Waals surface area contributed by atoms with Crippen LogP contribution in [0.1, 0.15) is 5.69 Å². The number of rotatable bonds is 2. The van der Waals surface area contributed by atoms with Gasteiger partial charge in [0.25, 0.3) is 0 Å². The van der Waals surface area contributed by atoms with Crippen molar-refractivity contribution in [2.24, 2.45) is 0 Å². The molecular formula is C12H13N3O2. The Hall–Kier alpha value is -2.30. The maximum absolute atomic E-state index is 11.9. The second-order valence-corrected chi connectivity index (χ2v) is 3.54. The first-order chi connectivity index (χ1) is 8.20. The molecule has 1 amide bonds. The van der Waals surface area contributed by atoms with Crippen molar-refractivity contribution in [1.82, 2.24) is 9.78 Å².